The van der Waals surface area contributed by atoms with Gasteiger partial charge in [-0.15, -0.1) is 0 Å². The van der Waals surface area contributed by atoms with Crippen LogP contribution in [0, 0.1) is 16.7 Å². The van der Waals surface area contributed by atoms with Gasteiger partial charge in [0.15, 0.2) is 0 Å². The lowest BCUT2D eigenvalue weighted by Crippen LogP contribution is -2.26. The molecule has 216 valence electrons. The molecular formula is C36H49NO3. The molecule has 1 saturated carbocycles. The monoisotopic (exact) mass is 543 g/mol. The predicted octanol–water partition coefficient (Wildman–Crippen LogP) is 9.94. The Kier molecular flexibility index (Phi) is 13.3. The van der Waals surface area contributed by atoms with Crippen molar-refractivity contribution in [2.75, 3.05) is 6.61 Å². The molecule has 3 atom stereocenters. The number of hydrogen-bond acceptors (Lipinski definition) is 4. The summed E-state index contributed by atoms with van der Waals surface area (Å²) in [5.41, 5.74) is 3.56. The maximum Gasteiger partial charge on any atom is 0.330 e. The van der Waals surface area contributed by atoms with Crippen LogP contribution >= 0.6 is 0 Å². The first-order chi connectivity index (χ1) is 19.5. The minimum Gasteiger partial charge on any atom is -0.490 e. The predicted molar refractivity (Wildman–Crippen MR) is 164 cm³/mol. The molecule has 2 aromatic rings. The van der Waals surface area contributed by atoms with Gasteiger partial charge >= 0.3 is 5.97 Å². The lowest BCUT2D eigenvalue weighted by molar-refractivity contribution is -0.138. The van der Waals surface area contributed by atoms with Gasteiger partial charge in [0.25, 0.3) is 0 Å². The van der Waals surface area contributed by atoms with Crippen molar-refractivity contribution in [1.29, 1.82) is 5.26 Å². The average molecular weight is 544 g/mol. The summed E-state index contributed by atoms with van der Waals surface area (Å²) < 4.78 is 11.3. The van der Waals surface area contributed by atoms with E-state index in [-0.39, 0.29) is 11.5 Å². The van der Waals surface area contributed by atoms with Crippen LogP contribution in [0.5, 0.6) is 5.75 Å². The van der Waals surface area contributed by atoms with Crippen LogP contribution in [0.3, 0.4) is 0 Å². The number of carbonyl (C=O) groups excluding carboxylic acids is 1. The third-order valence-electron chi connectivity index (χ3n) is 8.43. The fraction of sp³-hybridized carbons (Fsp3) is 0.556. The smallest absolute Gasteiger partial charge is 0.330 e. The standard InChI is InChI=1S/C36H49NO3/c1-4-7-8-9-10-11-24-36(28-37)25-12-14-32(27-36)31-17-15-29(16-18-31)30-19-21-34(22-20-30)40-33(13-5-2)23-26-39-35(38)6-3/h6,15-22,32-33H,3-5,7-14,23-27H2,1-2H3. The van der Waals surface area contributed by atoms with Gasteiger partial charge in [0.1, 0.15) is 11.9 Å². The summed E-state index contributed by atoms with van der Waals surface area (Å²) in [5.74, 6) is 0.903. The van der Waals surface area contributed by atoms with Crippen molar-refractivity contribution in [3.63, 3.8) is 0 Å². The summed E-state index contributed by atoms with van der Waals surface area (Å²) in [4.78, 5) is 11.3. The summed E-state index contributed by atoms with van der Waals surface area (Å²) in [7, 11) is 0. The number of rotatable bonds is 17. The Morgan fingerprint density at radius 3 is 2.33 bits per heavy atom. The van der Waals surface area contributed by atoms with Crippen LogP contribution < -0.4 is 4.74 Å². The molecule has 4 heteroatoms. The number of unbranched alkanes of at least 4 members (excludes halogenated alkanes) is 5. The van der Waals surface area contributed by atoms with Crippen LogP contribution in [-0.4, -0.2) is 18.7 Å². The Hall–Kier alpha value is -3.06. The molecule has 3 rings (SSSR count). The van der Waals surface area contributed by atoms with E-state index in [1.165, 1.54) is 62.1 Å². The van der Waals surface area contributed by atoms with Gasteiger partial charge in [-0.3, -0.25) is 0 Å². The molecule has 1 aliphatic rings. The second-order valence-electron chi connectivity index (χ2n) is 11.5. The average Bonchev–Trinajstić information content (AvgIpc) is 2.99. The molecule has 0 aliphatic heterocycles. The number of benzene rings is 2. The molecule has 0 amide bonds. The van der Waals surface area contributed by atoms with Crippen molar-refractivity contribution in [2.24, 2.45) is 5.41 Å². The van der Waals surface area contributed by atoms with E-state index in [2.05, 4.69) is 62.9 Å². The van der Waals surface area contributed by atoms with Crippen molar-refractivity contribution in [1.82, 2.24) is 0 Å². The van der Waals surface area contributed by atoms with Gasteiger partial charge in [0, 0.05) is 12.5 Å². The second kappa shape index (κ2) is 16.9. The Balaban J connectivity index is 1.55. The normalized spacial score (nSPS) is 19.4. The molecule has 0 heterocycles. The second-order valence-corrected chi connectivity index (χ2v) is 11.5. The van der Waals surface area contributed by atoms with E-state index in [1.54, 1.807) is 0 Å². The number of nitriles is 1. The summed E-state index contributed by atoms with van der Waals surface area (Å²) in [6.45, 7) is 8.15. The van der Waals surface area contributed by atoms with Gasteiger partial charge in [0.05, 0.1) is 18.1 Å². The van der Waals surface area contributed by atoms with Gasteiger partial charge in [-0.25, -0.2) is 4.79 Å². The van der Waals surface area contributed by atoms with Crippen LogP contribution in [0.15, 0.2) is 61.2 Å². The number of esters is 1. The molecule has 4 nitrogen and oxygen atoms in total. The molecule has 2 aromatic carbocycles. The quantitative estimate of drug-likeness (QED) is 0.113. The highest BCUT2D eigenvalue weighted by Crippen LogP contribution is 2.47. The molecule has 1 fully saturated rings. The Morgan fingerprint density at radius 1 is 1.00 bits per heavy atom. The van der Waals surface area contributed by atoms with E-state index < -0.39 is 5.97 Å². The zero-order chi connectivity index (χ0) is 28.6. The fourth-order valence-electron chi connectivity index (χ4n) is 6.08. The fourth-order valence-corrected chi connectivity index (χ4v) is 6.08. The zero-order valence-electron chi connectivity index (χ0n) is 24.8. The Bertz CT molecular complexity index is 1070. The number of hydrogen-bond donors (Lipinski definition) is 0. The van der Waals surface area contributed by atoms with Crippen LogP contribution in [-0.2, 0) is 9.53 Å². The van der Waals surface area contributed by atoms with Gasteiger partial charge < -0.3 is 9.47 Å². The van der Waals surface area contributed by atoms with Crippen LogP contribution in [0.4, 0.5) is 0 Å². The minimum absolute atomic E-state index is 0.00447. The lowest BCUT2D eigenvalue weighted by Gasteiger charge is -2.36. The topological polar surface area (TPSA) is 59.3 Å². The number of carbonyl (C=O) groups is 1. The van der Waals surface area contributed by atoms with E-state index >= 15 is 0 Å². The molecule has 0 bridgehead atoms. The van der Waals surface area contributed by atoms with Crippen molar-refractivity contribution in [3.05, 3.63) is 66.7 Å². The van der Waals surface area contributed by atoms with E-state index in [0.29, 0.717) is 18.9 Å². The molecular weight excluding hydrogens is 494 g/mol. The molecule has 3 unspecified atom stereocenters. The van der Waals surface area contributed by atoms with E-state index in [1.807, 2.05) is 12.1 Å². The SMILES string of the molecule is C=CC(=O)OCCC(CCC)Oc1ccc(-c2ccc(C3CCCC(C#N)(CCCCCCCC)C3)cc2)cc1. The van der Waals surface area contributed by atoms with E-state index in [0.717, 1.165) is 49.8 Å². The number of nitrogens with zero attached hydrogens (tertiary/aromatic N) is 1. The molecule has 1 aliphatic carbocycles. The summed E-state index contributed by atoms with van der Waals surface area (Å²) in [6, 6.07) is 20.0. The largest absolute Gasteiger partial charge is 0.490 e. The molecule has 0 aromatic heterocycles. The highest BCUT2D eigenvalue weighted by Gasteiger charge is 2.36. The van der Waals surface area contributed by atoms with Gasteiger partial charge in [-0.2, -0.15) is 5.26 Å². The van der Waals surface area contributed by atoms with E-state index in [9.17, 15) is 10.1 Å². The molecule has 0 N–H and O–H groups in total. The van der Waals surface area contributed by atoms with Crippen LogP contribution in [0.25, 0.3) is 11.1 Å². The van der Waals surface area contributed by atoms with Crippen molar-refractivity contribution in [2.45, 2.75) is 116 Å². The summed E-state index contributed by atoms with van der Waals surface area (Å²) >= 11 is 0. The van der Waals surface area contributed by atoms with Gasteiger partial charge in [0.2, 0.25) is 0 Å². The first-order valence-corrected chi connectivity index (χ1v) is 15.6. The van der Waals surface area contributed by atoms with Crippen LogP contribution in [0.1, 0.15) is 115 Å². The third kappa shape index (κ3) is 9.84. The maximum absolute atomic E-state index is 11.3. The Labute approximate surface area is 242 Å². The van der Waals surface area contributed by atoms with Crippen molar-refractivity contribution >= 4 is 5.97 Å². The zero-order valence-corrected chi connectivity index (χ0v) is 24.8. The summed E-state index contributed by atoms with van der Waals surface area (Å²) in [6.07, 6.45) is 16.9. The minimum atomic E-state index is -0.397. The third-order valence-corrected chi connectivity index (χ3v) is 8.43. The molecule has 0 spiro atoms. The van der Waals surface area contributed by atoms with Gasteiger partial charge in [-0.1, -0.05) is 108 Å². The van der Waals surface area contributed by atoms with E-state index in [4.69, 9.17) is 9.47 Å². The number of ether oxygens (including phenoxy) is 2. The highest BCUT2D eigenvalue weighted by molar-refractivity contribution is 5.81. The van der Waals surface area contributed by atoms with Crippen molar-refractivity contribution in [3.8, 4) is 22.9 Å². The van der Waals surface area contributed by atoms with Gasteiger partial charge in [-0.05, 0) is 66.8 Å². The first-order valence-electron chi connectivity index (χ1n) is 15.6. The summed E-state index contributed by atoms with van der Waals surface area (Å²) in [5, 5.41) is 10.1. The molecule has 40 heavy (non-hydrogen) atoms. The highest BCUT2D eigenvalue weighted by atomic mass is 16.5. The first kappa shape index (κ1) is 31.5. The Morgan fingerprint density at radius 2 is 1.68 bits per heavy atom. The molecule has 0 saturated heterocycles. The lowest BCUT2D eigenvalue weighted by atomic mass is 9.66. The van der Waals surface area contributed by atoms with Crippen LogP contribution in [0.2, 0.25) is 0 Å². The molecule has 0 radical (unpaired) electrons. The van der Waals surface area contributed by atoms with Crippen molar-refractivity contribution < 1.29 is 14.3 Å². The maximum atomic E-state index is 11.3.